The summed E-state index contributed by atoms with van der Waals surface area (Å²) < 4.78 is 0. The van der Waals surface area contributed by atoms with Crippen molar-refractivity contribution in [1.29, 1.82) is 0 Å². The number of carbonyl (C=O) groups is 2. The molecule has 5 heteroatoms. The molecule has 1 heterocycles. The van der Waals surface area contributed by atoms with E-state index in [1.807, 2.05) is 23.1 Å². The standard InChI is InChI=1S/C25H27N3O2/c29-24(13-14-26-25(30)21-8-2-1-3-9-21)28-17-15-27(16-18-28)19-22-11-6-10-20-7-4-5-12-23(20)22/h1-12H,13-19H2,(H,26,30)/p+1. The predicted octanol–water partition coefficient (Wildman–Crippen LogP) is 1.89. The van der Waals surface area contributed by atoms with E-state index in [0.29, 0.717) is 18.5 Å². The van der Waals surface area contributed by atoms with Crippen LogP contribution in [-0.4, -0.2) is 49.4 Å². The van der Waals surface area contributed by atoms with Crippen molar-refractivity contribution in [2.24, 2.45) is 0 Å². The van der Waals surface area contributed by atoms with Crippen molar-refractivity contribution in [3.8, 4) is 0 Å². The molecule has 0 spiro atoms. The molecule has 1 fully saturated rings. The molecule has 1 aliphatic heterocycles. The van der Waals surface area contributed by atoms with Gasteiger partial charge in [-0.15, -0.1) is 0 Å². The Balaban J connectivity index is 1.23. The van der Waals surface area contributed by atoms with Crippen molar-refractivity contribution in [1.82, 2.24) is 10.2 Å². The van der Waals surface area contributed by atoms with Crippen LogP contribution in [0.2, 0.25) is 0 Å². The van der Waals surface area contributed by atoms with E-state index in [4.69, 9.17) is 0 Å². The summed E-state index contributed by atoms with van der Waals surface area (Å²) >= 11 is 0. The monoisotopic (exact) mass is 402 g/mol. The minimum Gasteiger partial charge on any atom is -0.352 e. The summed E-state index contributed by atoms with van der Waals surface area (Å²) in [4.78, 5) is 28.0. The topological polar surface area (TPSA) is 53.9 Å². The Morgan fingerprint density at radius 2 is 1.57 bits per heavy atom. The fourth-order valence-corrected chi connectivity index (χ4v) is 4.10. The van der Waals surface area contributed by atoms with Crippen molar-refractivity contribution < 1.29 is 14.5 Å². The lowest BCUT2D eigenvalue weighted by atomic mass is 10.0. The van der Waals surface area contributed by atoms with Crippen molar-refractivity contribution in [2.75, 3.05) is 32.7 Å². The molecule has 0 radical (unpaired) electrons. The highest BCUT2D eigenvalue weighted by atomic mass is 16.2. The molecule has 0 aromatic heterocycles. The lowest BCUT2D eigenvalue weighted by Crippen LogP contribution is -3.13. The number of rotatable bonds is 6. The van der Waals surface area contributed by atoms with Crippen LogP contribution in [-0.2, 0) is 11.3 Å². The Bertz CT molecular complexity index is 1010. The van der Waals surface area contributed by atoms with Gasteiger partial charge >= 0.3 is 0 Å². The van der Waals surface area contributed by atoms with Crippen molar-refractivity contribution >= 4 is 22.6 Å². The second-order valence-corrected chi connectivity index (χ2v) is 7.82. The minimum atomic E-state index is -0.132. The van der Waals surface area contributed by atoms with E-state index in [1.165, 1.54) is 21.2 Å². The normalized spacial score (nSPS) is 14.6. The molecule has 1 saturated heterocycles. The molecule has 2 amide bonds. The fourth-order valence-electron chi connectivity index (χ4n) is 4.10. The molecule has 3 aromatic rings. The maximum atomic E-state index is 12.5. The van der Waals surface area contributed by atoms with Gasteiger partial charge in [-0.1, -0.05) is 60.7 Å². The van der Waals surface area contributed by atoms with Gasteiger partial charge in [0.1, 0.15) is 6.54 Å². The van der Waals surface area contributed by atoms with Gasteiger partial charge in [-0.25, -0.2) is 0 Å². The van der Waals surface area contributed by atoms with E-state index < -0.39 is 0 Å². The van der Waals surface area contributed by atoms with Gasteiger partial charge in [0.2, 0.25) is 5.91 Å². The zero-order valence-corrected chi connectivity index (χ0v) is 17.1. The molecule has 154 valence electrons. The molecule has 3 aromatic carbocycles. The van der Waals surface area contributed by atoms with Crippen LogP contribution in [0.1, 0.15) is 22.3 Å². The Hall–Kier alpha value is -3.18. The van der Waals surface area contributed by atoms with Gasteiger partial charge in [0.15, 0.2) is 0 Å². The molecule has 0 atom stereocenters. The first-order chi connectivity index (χ1) is 14.7. The van der Waals surface area contributed by atoms with Gasteiger partial charge in [-0.2, -0.15) is 0 Å². The van der Waals surface area contributed by atoms with Crippen LogP contribution < -0.4 is 10.2 Å². The maximum absolute atomic E-state index is 12.5. The smallest absolute Gasteiger partial charge is 0.251 e. The minimum absolute atomic E-state index is 0.118. The SMILES string of the molecule is O=C(NCCC(=O)N1CC[NH+](Cc2cccc3ccccc23)CC1)c1ccccc1. The molecule has 5 nitrogen and oxygen atoms in total. The number of amides is 2. The first kappa shape index (κ1) is 20.1. The Kier molecular flexibility index (Phi) is 6.40. The van der Waals surface area contributed by atoms with Crippen molar-refractivity contribution in [3.63, 3.8) is 0 Å². The Morgan fingerprint density at radius 3 is 2.37 bits per heavy atom. The molecular weight excluding hydrogens is 374 g/mol. The second kappa shape index (κ2) is 9.55. The van der Waals surface area contributed by atoms with Crippen LogP contribution in [0.5, 0.6) is 0 Å². The van der Waals surface area contributed by atoms with Crippen LogP contribution in [0.3, 0.4) is 0 Å². The third kappa shape index (κ3) is 4.86. The summed E-state index contributed by atoms with van der Waals surface area (Å²) in [6, 6.07) is 24.1. The molecule has 30 heavy (non-hydrogen) atoms. The van der Waals surface area contributed by atoms with Crippen molar-refractivity contribution in [2.45, 2.75) is 13.0 Å². The highest BCUT2D eigenvalue weighted by molar-refractivity contribution is 5.94. The van der Waals surface area contributed by atoms with Gasteiger partial charge < -0.3 is 15.1 Å². The molecule has 4 rings (SSSR count). The average molecular weight is 403 g/mol. The third-order valence-electron chi connectivity index (χ3n) is 5.80. The van der Waals surface area contributed by atoms with E-state index in [2.05, 4.69) is 47.8 Å². The zero-order chi connectivity index (χ0) is 20.8. The average Bonchev–Trinajstić information content (AvgIpc) is 2.80. The summed E-state index contributed by atoms with van der Waals surface area (Å²) in [6.45, 7) is 4.79. The molecule has 0 unspecified atom stereocenters. The van der Waals surface area contributed by atoms with Crippen molar-refractivity contribution in [3.05, 3.63) is 83.9 Å². The van der Waals surface area contributed by atoms with Gasteiger partial charge in [-0.3, -0.25) is 9.59 Å². The van der Waals surface area contributed by atoms with E-state index in [1.54, 1.807) is 12.1 Å². The molecular formula is C25H28N3O2+. The first-order valence-electron chi connectivity index (χ1n) is 10.6. The summed E-state index contributed by atoms with van der Waals surface area (Å²) in [7, 11) is 0. The Labute approximate surface area is 177 Å². The van der Waals surface area contributed by atoms with E-state index >= 15 is 0 Å². The summed E-state index contributed by atoms with van der Waals surface area (Å²) in [5.41, 5.74) is 1.99. The third-order valence-corrected chi connectivity index (χ3v) is 5.80. The summed E-state index contributed by atoms with van der Waals surface area (Å²) in [6.07, 6.45) is 0.344. The van der Waals surface area contributed by atoms with Crippen LogP contribution >= 0.6 is 0 Å². The van der Waals surface area contributed by atoms with Gasteiger partial charge in [0.25, 0.3) is 5.91 Å². The second-order valence-electron chi connectivity index (χ2n) is 7.82. The number of benzene rings is 3. The summed E-state index contributed by atoms with van der Waals surface area (Å²) in [5.74, 6) is -0.0136. The predicted molar refractivity (Wildman–Crippen MR) is 118 cm³/mol. The van der Waals surface area contributed by atoms with Gasteiger partial charge in [0.05, 0.1) is 26.2 Å². The maximum Gasteiger partial charge on any atom is 0.251 e. The molecule has 0 saturated carbocycles. The molecule has 0 aliphatic carbocycles. The first-order valence-corrected chi connectivity index (χ1v) is 10.6. The fraction of sp³-hybridized carbons (Fsp3) is 0.280. The van der Waals surface area contributed by atoms with Gasteiger partial charge in [-0.05, 0) is 22.9 Å². The van der Waals surface area contributed by atoms with Crippen LogP contribution in [0.4, 0.5) is 0 Å². The number of quaternary nitrogens is 1. The van der Waals surface area contributed by atoms with Crippen LogP contribution in [0.15, 0.2) is 72.8 Å². The number of piperazine rings is 1. The largest absolute Gasteiger partial charge is 0.352 e. The number of hydrogen-bond acceptors (Lipinski definition) is 2. The summed E-state index contributed by atoms with van der Waals surface area (Å²) in [5, 5.41) is 5.43. The van der Waals surface area contributed by atoms with E-state index in [-0.39, 0.29) is 11.8 Å². The highest BCUT2D eigenvalue weighted by Gasteiger charge is 2.24. The highest BCUT2D eigenvalue weighted by Crippen LogP contribution is 2.17. The van der Waals surface area contributed by atoms with Gasteiger partial charge in [0, 0.05) is 24.1 Å². The molecule has 2 N–H and O–H groups in total. The van der Waals surface area contributed by atoms with E-state index in [0.717, 1.165) is 32.7 Å². The lowest BCUT2D eigenvalue weighted by molar-refractivity contribution is -0.917. The quantitative estimate of drug-likeness (QED) is 0.662. The number of hydrogen-bond donors (Lipinski definition) is 2. The number of nitrogens with one attached hydrogen (secondary N) is 2. The number of fused-ring (bicyclic) bond motifs is 1. The Morgan fingerprint density at radius 1 is 0.867 bits per heavy atom. The van der Waals surface area contributed by atoms with Crippen LogP contribution in [0.25, 0.3) is 10.8 Å². The zero-order valence-electron chi connectivity index (χ0n) is 17.1. The molecule has 1 aliphatic rings. The molecule has 0 bridgehead atoms. The van der Waals surface area contributed by atoms with E-state index in [9.17, 15) is 9.59 Å². The van der Waals surface area contributed by atoms with Crippen LogP contribution in [0, 0.1) is 0 Å². The number of carbonyl (C=O) groups excluding carboxylic acids is 2. The lowest BCUT2D eigenvalue weighted by Gasteiger charge is -2.32. The number of nitrogens with zero attached hydrogens (tertiary/aromatic N) is 1.